The van der Waals surface area contributed by atoms with Crippen LogP contribution in [0.4, 0.5) is 5.69 Å². The lowest BCUT2D eigenvalue weighted by atomic mass is 10.2. The number of likely N-dealkylation sites (N-methyl/N-ethyl adjacent to an activating group) is 1. The molecule has 1 unspecified atom stereocenters. The molecule has 1 atom stereocenters. The molecule has 1 aromatic carbocycles. The lowest BCUT2D eigenvalue weighted by molar-refractivity contribution is 0.214. The SMILES string of the molecule is CC(CO)N(C)S(=O)(=O)c1ccc(N)c2cccnc12. The summed E-state index contributed by atoms with van der Waals surface area (Å²) >= 11 is 0. The molecule has 7 heteroatoms. The van der Waals surface area contributed by atoms with Crippen molar-refractivity contribution in [1.82, 2.24) is 9.29 Å². The van der Waals surface area contributed by atoms with Gasteiger partial charge in [-0.1, -0.05) is 0 Å². The number of nitrogen functional groups attached to an aromatic ring is 1. The van der Waals surface area contributed by atoms with E-state index in [0.29, 0.717) is 16.6 Å². The van der Waals surface area contributed by atoms with Gasteiger partial charge >= 0.3 is 0 Å². The molecular weight excluding hydrogens is 278 g/mol. The van der Waals surface area contributed by atoms with Crippen molar-refractivity contribution in [3.05, 3.63) is 30.5 Å². The van der Waals surface area contributed by atoms with Crippen LogP contribution in [-0.2, 0) is 10.0 Å². The number of fused-ring (bicyclic) bond motifs is 1. The van der Waals surface area contributed by atoms with Gasteiger partial charge in [-0.15, -0.1) is 0 Å². The minimum Gasteiger partial charge on any atom is -0.398 e. The van der Waals surface area contributed by atoms with E-state index in [-0.39, 0.29) is 11.5 Å². The molecule has 0 amide bonds. The fraction of sp³-hybridized carbons (Fsp3) is 0.308. The molecule has 0 aliphatic carbocycles. The second-order valence-electron chi connectivity index (χ2n) is 4.61. The van der Waals surface area contributed by atoms with Gasteiger partial charge in [0.2, 0.25) is 10.0 Å². The minimum absolute atomic E-state index is 0.0881. The highest BCUT2D eigenvalue weighted by Crippen LogP contribution is 2.28. The highest BCUT2D eigenvalue weighted by atomic mass is 32.2. The third-order valence-corrected chi connectivity index (χ3v) is 5.31. The van der Waals surface area contributed by atoms with E-state index < -0.39 is 16.1 Å². The molecule has 0 bridgehead atoms. The van der Waals surface area contributed by atoms with Crippen LogP contribution < -0.4 is 5.73 Å². The van der Waals surface area contributed by atoms with Gasteiger partial charge in [-0.3, -0.25) is 4.98 Å². The summed E-state index contributed by atoms with van der Waals surface area (Å²) in [7, 11) is -2.31. The highest BCUT2D eigenvalue weighted by Gasteiger charge is 2.27. The van der Waals surface area contributed by atoms with Crippen LogP contribution in [0, 0.1) is 0 Å². The molecule has 0 radical (unpaired) electrons. The Morgan fingerprint density at radius 2 is 2.10 bits per heavy atom. The zero-order valence-electron chi connectivity index (χ0n) is 11.3. The molecule has 3 N–H and O–H groups in total. The fourth-order valence-electron chi connectivity index (χ4n) is 1.88. The summed E-state index contributed by atoms with van der Waals surface area (Å²) < 4.78 is 26.3. The van der Waals surface area contributed by atoms with Crippen molar-refractivity contribution in [2.75, 3.05) is 19.4 Å². The van der Waals surface area contributed by atoms with Crippen LogP contribution in [0.15, 0.2) is 35.4 Å². The van der Waals surface area contributed by atoms with E-state index >= 15 is 0 Å². The quantitative estimate of drug-likeness (QED) is 0.814. The highest BCUT2D eigenvalue weighted by molar-refractivity contribution is 7.89. The van der Waals surface area contributed by atoms with Gasteiger partial charge < -0.3 is 10.8 Å². The van der Waals surface area contributed by atoms with Crippen molar-refractivity contribution < 1.29 is 13.5 Å². The van der Waals surface area contributed by atoms with Crippen molar-refractivity contribution in [2.45, 2.75) is 17.9 Å². The first kappa shape index (κ1) is 14.7. The number of pyridine rings is 1. The van der Waals surface area contributed by atoms with Crippen molar-refractivity contribution in [3.8, 4) is 0 Å². The van der Waals surface area contributed by atoms with E-state index in [1.165, 1.54) is 19.3 Å². The fourth-order valence-corrected chi connectivity index (χ4v) is 3.38. The summed E-state index contributed by atoms with van der Waals surface area (Å²) in [6.45, 7) is 1.38. The van der Waals surface area contributed by atoms with E-state index in [9.17, 15) is 8.42 Å². The smallest absolute Gasteiger partial charge is 0.245 e. The van der Waals surface area contributed by atoms with Gasteiger partial charge in [-0.05, 0) is 31.2 Å². The summed E-state index contributed by atoms with van der Waals surface area (Å²) in [5.74, 6) is 0. The average Bonchev–Trinajstić information content (AvgIpc) is 2.46. The Labute approximate surface area is 117 Å². The van der Waals surface area contributed by atoms with Crippen molar-refractivity contribution >= 4 is 26.6 Å². The molecule has 20 heavy (non-hydrogen) atoms. The summed E-state index contributed by atoms with van der Waals surface area (Å²) in [6.07, 6.45) is 1.52. The van der Waals surface area contributed by atoms with Crippen LogP contribution in [0.1, 0.15) is 6.92 Å². The van der Waals surface area contributed by atoms with Gasteiger partial charge in [0, 0.05) is 30.4 Å². The minimum atomic E-state index is -3.74. The Balaban J connectivity index is 2.67. The van der Waals surface area contributed by atoms with Gasteiger partial charge in [0.05, 0.1) is 12.1 Å². The molecule has 6 nitrogen and oxygen atoms in total. The lowest BCUT2D eigenvalue weighted by Crippen LogP contribution is -2.37. The number of hydrogen-bond donors (Lipinski definition) is 2. The normalized spacial score (nSPS) is 13.8. The van der Waals surface area contributed by atoms with Crippen LogP contribution in [0.5, 0.6) is 0 Å². The number of aliphatic hydroxyl groups excluding tert-OH is 1. The largest absolute Gasteiger partial charge is 0.398 e. The predicted octanol–water partition coefficient (Wildman–Crippen LogP) is 0.818. The topological polar surface area (TPSA) is 96.5 Å². The van der Waals surface area contributed by atoms with Gasteiger partial charge in [-0.2, -0.15) is 4.31 Å². The number of hydrogen-bond acceptors (Lipinski definition) is 5. The monoisotopic (exact) mass is 295 g/mol. The predicted molar refractivity (Wildman–Crippen MR) is 77.7 cm³/mol. The maximum Gasteiger partial charge on any atom is 0.245 e. The Morgan fingerprint density at radius 3 is 2.75 bits per heavy atom. The third kappa shape index (κ3) is 2.35. The second kappa shape index (κ2) is 5.35. The summed E-state index contributed by atoms with van der Waals surface area (Å²) in [5, 5.41) is 9.73. The van der Waals surface area contributed by atoms with E-state index in [1.807, 2.05) is 0 Å². The zero-order valence-corrected chi connectivity index (χ0v) is 12.1. The van der Waals surface area contributed by atoms with Gasteiger partial charge in [0.1, 0.15) is 4.90 Å². The standard InChI is InChI=1S/C13H17N3O3S/c1-9(8-17)16(2)20(18,19)12-6-5-11(14)10-4-3-7-15-13(10)12/h3-7,9,17H,8,14H2,1-2H3. The number of benzene rings is 1. The molecule has 2 aromatic rings. The van der Waals surface area contributed by atoms with E-state index in [4.69, 9.17) is 10.8 Å². The number of anilines is 1. The number of nitrogens with zero attached hydrogens (tertiary/aromatic N) is 2. The lowest BCUT2D eigenvalue weighted by Gasteiger charge is -2.23. The summed E-state index contributed by atoms with van der Waals surface area (Å²) in [6, 6.07) is 5.91. The van der Waals surface area contributed by atoms with Crippen LogP contribution in [0.25, 0.3) is 10.9 Å². The Bertz CT molecular complexity index is 731. The maximum absolute atomic E-state index is 12.6. The number of nitrogens with two attached hydrogens (primary N) is 1. The molecule has 1 aromatic heterocycles. The maximum atomic E-state index is 12.6. The van der Waals surface area contributed by atoms with Crippen molar-refractivity contribution in [2.24, 2.45) is 0 Å². The van der Waals surface area contributed by atoms with Gasteiger partial charge in [0.15, 0.2) is 0 Å². The number of aliphatic hydroxyl groups is 1. The zero-order chi connectivity index (χ0) is 14.9. The van der Waals surface area contributed by atoms with Gasteiger partial charge in [0.25, 0.3) is 0 Å². The molecule has 108 valence electrons. The molecule has 0 fully saturated rings. The number of aromatic nitrogens is 1. The van der Waals surface area contributed by atoms with E-state index in [2.05, 4.69) is 4.98 Å². The van der Waals surface area contributed by atoms with Crippen LogP contribution in [0.2, 0.25) is 0 Å². The first-order valence-corrected chi connectivity index (χ1v) is 7.55. The first-order valence-electron chi connectivity index (χ1n) is 6.11. The molecule has 0 saturated heterocycles. The Morgan fingerprint density at radius 1 is 1.40 bits per heavy atom. The van der Waals surface area contributed by atoms with Crippen LogP contribution in [0.3, 0.4) is 0 Å². The van der Waals surface area contributed by atoms with Crippen molar-refractivity contribution in [1.29, 1.82) is 0 Å². The number of sulfonamides is 1. The van der Waals surface area contributed by atoms with Gasteiger partial charge in [-0.25, -0.2) is 8.42 Å². The molecule has 0 aliphatic heterocycles. The second-order valence-corrected chi connectivity index (χ2v) is 6.57. The van der Waals surface area contributed by atoms with Crippen molar-refractivity contribution in [3.63, 3.8) is 0 Å². The van der Waals surface area contributed by atoms with E-state index in [0.717, 1.165) is 4.31 Å². The number of rotatable bonds is 4. The average molecular weight is 295 g/mol. The summed E-state index contributed by atoms with van der Waals surface area (Å²) in [5.41, 5.74) is 6.66. The van der Waals surface area contributed by atoms with E-state index in [1.54, 1.807) is 25.1 Å². The van der Waals surface area contributed by atoms with Crippen LogP contribution >= 0.6 is 0 Å². The molecule has 2 rings (SSSR count). The Kier molecular flexibility index (Phi) is 3.94. The van der Waals surface area contributed by atoms with Crippen LogP contribution in [-0.4, -0.2) is 42.5 Å². The first-order chi connectivity index (χ1) is 9.39. The molecule has 0 saturated carbocycles. The molecule has 0 aliphatic rings. The summed E-state index contributed by atoms with van der Waals surface area (Å²) in [4.78, 5) is 4.22. The third-order valence-electron chi connectivity index (χ3n) is 3.31. The Hall–Kier alpha value is -1.70. The molecule has 1 heterocycles. The molecular formula is C13H17N3O3S. The molecule has 0 spiro atoms.